The lowest BCUT2D eigenvalue weighted by molar-refractivity contribution is 0.513. The van der Waals surface area contributed by atoms with Gasteiger partial charge in [-0.1, -0.05) is 32.3 Å². The fourth-order valence-electron chi connectivity index (χ4n) is 2.63. The van der Waals surface area contributed by atoms with E-state index in [0.29, 0.717) is 6.04 Å². The maximum atomic E-state index is 3.65. The molecular weight excluding hydrogens is 258 g/mol. The summed E-state index contributed by atoms with van der Waals surface area (Å²) in [6, 6.07) is 5.08. The summed E-state index contributed by atoms with van der Waals surface area (Å²) in [5, 5.41) is 6.77. The van der Waals surface area contributed by atoms with Crippen molar-refractivity contribution in [1.82, 2.24) is 5.32 Å². The van der Waals surface area contributed by atoms with E-state index in [4.69, 9.17) is 0 Å². The fraction of sp³-hybridized carbons (Fsp3) is 0.733. The lowest BCUT2D eigenvalue weighted by Crippen LogP contribution is -2.33. The van der Waals surface area contributed by atoms with Crippen molar-refractivity contribution in [2.75, 3.05) is 12.3 Å². The van der Waals surface area contributed by atoms with Crippen molar-refractivity contribution in [2.24, 2.45) is 0 Å². The van der Waals surface area contributed by atoms with Crippen molar-refractivity contribution < 1.29 is 0 Å². The SMILES string of the molecule is CCNC(CSC1CCCCC1)Cc1cccs1. The first kappa shape index (κ1) is 14.4. The molecule has 102 valence electrons. The Morgan fingerprint density at radius 1 is 1.39 bits per heavy atom. The van der Waals surface area contributed by atoms with Gasteiger partial charge in [0.15, 0.2) is 0 Å². The average molecular weight is 284 g/mol. The zero-order chi connectivity index (χ0) is 12.6. The first-order valence-corrected chi connectivity index (χ1v) is 9.18. The Balaban J connectivity index is 1.74. The predicted octanol–water partition coefficient (Wildman–Crippen LogP) is 4.33. The van der Waals surface area contributed by atoms with Gasteiger partial charge < -0.3 is 5.32 Å². The average Bonchev–Trinajstić information content (AvgIpc) is 2.90. The van der Waals surface area contributed by atoms with E-state index in [0.717, 1.165) is 11.8 Å². The van der Waals surface area contributed by atoms with Crippen LogP contribution in [0.25, 0.3) is 0 Å². The van der Waals surface area contributed by atoms with Crippen molar-refractivity contribution in [3.05, 3.63) is 22.4 Å². The molecule has 3 heteroatoms. The molecule has 18 heavy (non-hydrogen) atoms. The topological polar surface area (TPSA) is 12.0 Å². The Bertz CT molecular complexity index is 304. The van der Waals surface area contributed by atoms with Crippen molar-refractivity contribution in [3.8, 4) is 0 Å². The standard InChI is InChI=1S/C15H25NS2/c1-2-16-13(11-15-9-6-10-17-15)12-18-14-7-4-3-5-8-14/h6,9-10,13-14,16H,2-5,7-8,11-12H2,1H3. The molecule has 0 saturated heterocycles. The van der Waals surface area contributed by atoms with E-state index in [9.17, 15) is 0 Å². The third-order valence-electron chi connectivity index (χ3n) is 3.61. The summed E-state index contributed by atoms with van der Waals surface area (Å²) >= 11 is 4.10. The molecule has 2 rings (SSSR count). The number of hydrogen-bond acceptors (Lipinski definition) is 3. The van der Waals surface area contributed by atoms with E-state index in [1.165, 1.54) is 49.2 Å². The van der Waals surface area contributed by atoms with Crippen molar-refractivity contribution in [1.29, 1.82) is 0 Å². The molecule has 0 bridgehead atoms. The van der Waals surface area contributed by atoms with Crippen LogP contribution in [0.15, 0.2) is 17.5 Å². The van der Waals surface area contributed by atoms with Gasteiger partial charge in [0.25, 0.3) is 0 Å². The summed E-state index contributed by atoms with van der Waals surface area (Å²) in [6.45, 7) is 3.30. The van der Waals surface area contributed by atoms with E-state index >= 15 is 0 Å². The van der Waals surface area contributed by atoms with Crippen molar-refractivity contribution >= 4 is 23.1 Å². The molecule has 1 nitrogen and oxygen atoms in total. The van der Waals surface area contributed by atoms with E-state index in [1.54, 1.807) is 0 Å². The van der Waals surface area contributed by atoms with Gasteiger partial charge in [-0.3, -0.25) is 0 Å². The Kier molecular flexibility index (Phi) is 6.60. The smallest absolute Gasteiger partial charge is 0.0206 e. The van der Waals surface area contributed by atoms with Crippen LogP contribution < -0.4 is 5.32 Å². The molecule has 0 spiro atoms. The van der Waals surface area contributed by atoms with Gasteiger partial charge in [0.2, 0.25) is 0 Å². The minimum absolute atomic E-state index is 0.653. The highest BCUT2D eigenvalue weighted by atomic mass is 32.2. The van der Waals surface area contributed by atoms with Crippen LogP contribution in [0, 0.1) is 0 Å². The number of thioether (sulfide) groups is 1. The highest BCUT2D eigenvalue weighted by Gasteiger charge is 2.16. The molecule has 1 unspecified atom stereocenters. The number of nitrogens with one attached hydrogen (secondary N) is 1. The van der Waals surface area contributed by atoms with Crippen LogP contribution in [0.5, 0.6) is 0 Å². The monoisotopic (exact) mass is 283 g/mol. The molecule has 1 aliphatic rings. The molecule has 1 saturated carbocycles. The molecule has 1 fully saturated rings. The van der Waals surface area contributed by atoms with Gasteiger partial charge in [0.05, 0.1) is 0 Å². The molecule has 0 aromatic carbocycles. The molecule has 1 atom stereocenters. The summed E-state index contributed by atoms with van der Waals surface area (Å²) < 4.78 is 0. The summed E-state index contributed by atoms with van der Waals surface area (Å²) in [5.41, 5.74) is 0. The Hall–Kier alpha value is 0.01000. The van der Waals surface area contributed by atoms with Gasteiger partial charge >= 0.3 is 0 Å². The third kappa shape index (κ3) is 4.94. The number of hydrogen-bond donors (Lipinski definition) is 1. The number of rotatable bonds is 7. The zero-order valence-electron chi connectivity index (χ0n) is 11.4. The minimum atomic E-state index is 0.653. The number of likely N-dealkylation sites (N-methyl/N-ethyl adjacent to an activating group) is 1. The van der Waals surface area contributed by atoms with Crippen LogP contribution in [0.4, 0.5) is 0 Å². The van der Waals surface area contributed by atoms with Crippen LogP contribution in [-0.2, 0) is 6.42 Å². The zero-order valence-corrected chi connectivity index (χ0v) is 13.0. The maximum absolute atomic E-state index is 3.65. The summed E-state index contributed by atoms with van der Waals surface area (Å²) in [4.78, 5) is 1.52. The molecule has 0 aliphatic heterocycles. The number of thiophene rings is 1. The van der Waals surface area contributed by atoms with Gasteiger partial charge in [-0.15, -0.1) is 11.3 Å². The van der Waals surface area contributed by atoms with Crippen LogP contribution in [-0.4, -0.2) is 23.6 Å². The highest BCUT2D eigenvalue weighted by Crippen LogP contribution is 2.29. The quantitative estimate of drug-likeness (QED) is 0.799. The second-order valence-corrected chi connectivity index (χ2v) is 7.50. The van der Waals surface area contributed by atoms with Crippen LogP contribution >= 0.6 is 23.1 Å². The van der Waals surface area contributed by atoms with Gasteiger partial charge in [-0.05, 0) is 37.3 Å². The van der Waals surface area contributed by atoms with E-state index in [-0.39, 0.29) is 0 Å². The van der Waals surface area contributed by atoms with Gasteiger partial charge in [-0.25, -0.2) is 0 Å². The van der Waals surface area contributed by atoms with Crippen molar-refractivity contribution in [3.63, 3.8) is 0 Å². The first-order valence-electron chi connectivity index (χ1n) is 7.26. The minimum Gasteiger partial charge on any atom is -0.313 e. The Morgan fingerprint density at radius 3 is 2.89 bits per heavy atom. The highest BCUT2D eigenvalue weighted by molar-refractivity contribution is 7.99. The molecule has 1 N–H and O–H groups in total. The molecular formula is C15H25NS2. The second-order valence-electron chi connectivity index (χ2n) is 5.13. The fourth-order valence-corrected chi connectivity index (χ4v) is 4.83. The van der Waals surface area contributed by atoms with E-state index in [1.807, 2.05) is 11.3 Å². The van der Waals surface area contributed by atoms with Crippen LogP contribution in [0.1, 0.15) is 43.9 Å². The molecule has 1 aliphatic carbocycles. The lowest BCUT2D eigenvalue weighted by atomic mass is 10.0. The Morgan fingerprint density at radius 2 is 2.22 bits per heavy atom. The van der Waals surface area contributed by atoms with Gasteiger partial charge in [-0.2, -0.15) is 11.8 Å². The largest absolute Gasteiger partial charge is 0.313 e. The second kappa shape index (κ2) is 8.23. The third-order valence-corrected chi connectivity index (χ3v) is 6.04. The van der Waals surface area contributed by atoms with Crippen LogP contribution in [0.2, 0.25) is 0 Å². The molecule has 0 amide bonds. The lowest BCUT2D eigenvalue weighted by Gasteiger charge is -2.24. The molecule has 1 aromatic heterocycles. The molecule has 1 heterocycles. The van der Waals surface area contributed by atoms with E-state index < -0.39 is 0 Å². The predicted molar refractivity (Wildman–Crippen MR) is 84.8 cm³/mol. The summed E-state index contributed by atoms with van der Waals surface area (Å²) in [5.74, 6) is 1.27. The normalized spacial score (nSPS) is 18.9. The van der Waals surface area contributed by atoms with Gasteiger partial charge in [0, 0.05) is 21.9 Å². The summed E-state index contributed by atoms with van der Waals surface area (Å²) in [7, 11) is 0. The Labute approximate surface area is 120 Å². The first-order chi connectivity index (χ1) is 8.88. The van der Waals surface area contributed by atoms with Crippen LogP contribution in [0.3, 0.4) is 0 Å². The van der Waals surface area contributed by atoms with Crippen molar-refractivity contribution in [2.45, 2.75) is 56.7 Å². The molecule has 0 radical (unpaired) electrons. The van der Waals surface area contributed by atoms with Gasteiger partial charge in [0.1, 0.15) is 0 Å². The van der Waals surface area contributed by atoms with E-state index in [2.05, 4.69) is 41.5 Å². The summed E-state index contributed by atoms with van der Waals surface area (Å²) in [6.07, 6.45) is 8.46. The maximum Gasteiger partial charge on any atom is 0.0206 e. The molecule has 1 aromatic rings.